The number of halogens is 1. The summed E-state index contributed by atoms with van der Waals surface area (Å²) >= 11 is 0. The van der Waals surface area contributed by atoms with Crippen LogP contribution >= 0.6 is 0 Å². The van der Waals surface area contributed by atoms with Crippen molar-refractivity contribution in [3.05, 3.63) is 0 Å². The van der Waals surface area contributed by atoms with Gasteiger partial charge in [0, 0.05) is 22.4 Å². The van der Waals surface area contributed by atoms with Gasteiger partial charge in [-0.25, -0.2) is 0 Å². The SMILES string of the molecule is F.[NH4+].[Nb].[OH-]. The van der Waals surface area contributed by atoms with Gasteiger partial charge in [-0.05, 0) is 0 Å². The van der Waals surface area contributed by atoms with E-state index in [1.807, 2.05) is 0 Å². The van der Waals surface area contributed by atoms with Gasteiger partial charge in [0.1, 0.15) is 0 Å². The summed E-state index contributed by atoms with van der Waals surface area (Å²) in [6, 6.07) is 0. The Hall–Kier alpha value is 0.590. The molecule has 0 spiro atoms. The molecule has 29 valence electrons. The summed E-state index contributed by atoms with van der Waals surface area (Å²) in [7, 11) is 0. The minimum absolute atomic E-state index is 0. The molecule has 0 heterocycles. The molecule has 5 N–H and O–H groups in total. The van der Waals surface area contributed by atoms with Gasteiger partial charge in [-0.1, -0.05) is 0 Å². The smallest absolute Gasteiger partial charge is 0 e. The second-order valence-electron chi connectivity index (χ2n) is 0. The molecule has 0 aromatic rings. The van der Waals surface area contributed by atoms with Crippen molar-refractivity contribution in [2.75, 3.05) is 0 Å². The van der Waals surface area contributed by atoms with Crippen molar-refractivity contribution in [2.24, 2.45) is 0 Å². The van der Waals surface area contributed by atoms with Gasteiger partial charge in [-0.2, -0.15) is 0 Å². The predicted octanol–water partition coefficient (Wildman–Crippen LogP) is 0.349. The Morgan fingerprint density at radius 1 is 1.00 bits per heavy atom. The molecule has 4 heavy (non-hydrogen) atoms. The molecular weight excluding hydrogens is 142 g/mol. The van der Waals surface area contributed by atoms with E-state index in [4.69, 9.17) is 0 Å². The van der Waals surface area contributed by atoms with Gasteiger partial charge in [0.25, 0.3) is 0 Å². The van der Waals surface area contributed by atoms with Gasteiger partial charge in [0.05, 0.1) is 0 Å². The van der Waals surface area contributed by atoms with Crippen molar-refractivity contribution in [3.63, 3.8) is 0 Å². The first-order valence-electron chi connectivity index (χ1n) is 0. The van der Waals surface area contributed by atoms with Crippen LogP contribution in [0.15, 0.2) is 0 Å². The van der Waals surface area contributed by atoms with Crippen LogP contribution in [-0.4, -0.2) is 5.48 Å². The molecule has 0 unspecified atom stereocenters. The number of rotatable bonds is 0. The van der Waals surface area contributed by atoms with E-state index >= 15 is 0 Å². The molecule has 2 nitrogen and oxygen atoms in total. The molecule has 4 heteroatoms. The summed E-state index contributed by atoms with van der Waals surface area (Å²) in [4.78, 5) is 0. The molecule has 0 rings (SSSR count). The van der Waals surface area contributed by atoms with E-state index in [2.05, 4.69) is 0 Å². The third-order valence-corrected chi connectivity index (χ3v) is 0. The molecule has 1 radical (unpaired) electrons. The van der Waals surface area contributed by atoms with E-state index in [0.29, 0.717) is 0 Å². The van der Waals surface area contributed by atoms with Crippen LogP contribution in [0.25, 0.3) is 0 Å². The van der Waals surface area contributed by atoms with Crippen LogP contribution in [0, 0.1) is 0 Å². The zero-order valence-corrected chi connectivity index (χ0v) is 4.50. The fourth-order valence-electron chi connectivity index (χ4n) is 0. The molecule has 0 aliphatic rings. The van der Waals surface area contributed by atoms with Gasteiger partial charge in [0.15, 0.2) is 0 Å². The van der Waals surface area contributed by atoms with Crippen molar-refractivity contribution >= 4 is 0 Å². The van der Waals surface area contributed by atoms with E-state index in [9.17, 15) is 0 Å². The number of hydrogen-bond donors (Lipinski definition) is 1. The first-order valence-corrected chi connectivity index (χ1v) is 0. The molecule has 0 atom stereocenters. The van der Waals surface area contributed by atoms with E-state index in [0.717, 1.165) is 0 Å². The summed E-state index contributed by atoms with van der Waals surface area (Å²) in [5.74, 6) is 0. The molecule has 0 bridgehead atoms. The van der Waals surface area contributed by atoms with Crippen LogP contribution in [0.4, 0.5) is 4.70 Å². The van der Waals surface area contributed by atoms with Crippen molar-refractivity contribution in [2.45, 2.75) is 0 Å². The summed E-state index contributed by atoms with van der Waals surface area (Å²) in [6.07, 6.45) is 0. The van der Waals surface area contributed by atoms with Gasteiger partial charge in [0.2, 0.25) is 0 Å². The largest absolute Gasteiger partial charge is 0.870 e. The van der Waals surface area contributed by atoms with Crippen molar-refractivity contribution in [3.8, 4) is 0 Å². The Kier molecular flexibility index (Phi) is 2940. The van der Waals surface area contributed by atoms with Gasteiger partial charge >= 0.3 is 0 Å². The standard InChI is InChI=1S/FH.H3N.Nb.H2O/h1H;1H3;;1H2. The maximum absolute atomic E-state index is 0. The average Bonchev–Trinajstić information content (AvgIpc) is 0. The van der Waals surface area contributed by atoms with Crippen molar-refractivity contribution < 1.29 is 32.6 Å². The minimum Gasteiger partial charge on any atom is -0.870 e. The Morgan fingerprint density at radius 3 is 1.00 bits per heavy atom. The molecule has 0 aliphatic heterocycles. The third kappa shape index (κ3) is 18.8. The summed E-state index contributed by atoms with van der Waals surface area (Å²) in [5.41, 5.74) is 0. The minimum atomic E-state index is 0. The zero-order valence-electron chi connectivity index (χ0n) is 2.30. The maximum atomic E-state index is 0. The van der Waals surface area contributed by atoms with Crippen LogP contribution < -0.4 is 6.15 Å². The predicted molar refractivity (Wildman–Crippen MR) is 10.4 cm³/mol. The Labute approximate surface area is 39.3 Å². The van der Waals surface area contributed by atoms with Crippen LogP contribution in [0.3, 0.4) is 0 Å². The molecule has 0 saturated carbocycles. The van der Waals surface area contributed by atoms with E-state index in [1.165, 1.54) is 0 Å². The topological polar surface area (TPSA) is 66.5 Å². The molecule has 0 amide bonds. The van der Waals surface area contributed by atoms with Gasteiger partial charge in [-0.3, -0.25) is 4.70 Å². The third-order valence-electron chi connectivity index (χ3n) is 0. The van der Waals surface area contributed by atoms with Crippen molar-refractivity contribution in [1.82, 2.24) is 6.15 Å². The van der Waals surface area contributed by atoms with Gasteiger partial charge < -0.3 is 11.6 Å². The van der Waals surface area contributed by atoms with Gasteiger partial charge in [-0.15, -0.1) is 0 Å². The monoisotopic (exact) mass is 148 g/mol. The number of quaternary nitrogens is 1. The van der Waals surface area contributed by atoms with E-state index in [1.54, 1.807) is 0 Å². The molecular formula is H6FNNbO. The van der Waals surface area contributed by atoms with E-state index < -0.39 is 0 Å². The second kappa shape index (κ2) is 69.1. The zero-order chi connectivity index (χ0) is 0. The first-order chi connectivity index (χ1) is 0. The molecule has 0 aromatic carbocycles. The Bertz CT molecular complexity index is 8.00. The van der Waals surface area contributed by atoms with Crippen LogP contribution in [0.5, 0.6) is 0 Å². The van der Waals surface area contributed by atoms with Crippen LogP contribution in [0.2, 0.25) is 0 Å². The summed E-state index contributed by atoms with van der Waals surface area (Å²) in [5, 5.41) is 0. The van der Waals surface area contributed by atoms with Crippen LogP contribution in [-0.2, 0) is 22.4 Å². The molecule has 0 fully saturated rings. The number of hydrogen-bond acceptors (Lipinski definition) is 1. The second-order valence-corrected chi connectivity index (χ2v) is 0. The Balaban J connectivity index is 0. The molecule has 0 aromatic heterocycles. The fraction of sp³-hybridized carbons (Fsp3) is 0. The van der Waals surface area contributed by atoms with E-state index in [-0.39, 0.29) is 38.7 Å². The summed E-state index contributed by atoms with van der Waals surface area (Å²) < 4.78 is 0. The quantitative estimate of drug-likeness (QED) is 0.494. The summed E-state index contributed by atoms with van der Waals surface area (Å²) in [6.45, 7) is 0. The fourth-order valence-corrected chi connectivity index (χ4v) is 0. The maximum Gasteiger partial charge on any atom is 0 e. The first kappa shape index (κ1) is 170. The van der Waals surface area contributed by atoms with Crippen molar-refractivity contribution in [1.29, 1.82) is 0 Å². The molecule has 0 aliphatic carbocycles. The Morgan fingerprint density at radius 2 is 1.00 bits per heavy atom. The van der Waals surface area contributed by atoms with Crippen LogP contribution in [0.1, 0.15) is 0 Å². The normalized spacial score (nSPS) is 0. The molecule has 0 saturated heterocycles. The average molecular weight is 148 g/mol.